The Labute approximate surface area is 165 Å². The van der Waals surface area contributed by atoms with Crippen molar-refractivity contribution in [3.63, 3.8) is 0 Å². The lowest BCUT2D eigenvalue weighted by Gasteiger charge is -2.08. The molecule has 0 radical (unpaired) electrons. The molecule has 0 saturated heterocycles. The molecule has 27 heavy (non-hydrogen) atoms. The van der Waals surface area contributed by atoms with Gasteiger partial charge in [-0.25, -0.2) is 4.79 Å². The van der Waals surface area contributed by atoms with E-state index in [-0.39, 0.29) is 0 Å². The summed E-state index contributed by atoms with van der Waals surface area (Å²) in [5, 5.41) is 13.3. The van der Waals surface area contributed by atoms with E-state index in [1.165, 1.54) is 6.21 Å². The van der Waals surface area contributed by atoms with Crippen molar-refractivity contribution < 1.29 is 19.5 Å². The van der Waals surface area contributed by atoms with E-state index in [1.54, 1.807) is 0 Å². The van der Waals surface area contributed by atoms with Crippen LogP contribution >= 0.6 is 15.9 Å². The van der Waals surface area contributed by atoms with Gasteiger partial charge in [-0.15, -0.1) is 0 Å². The lowest BCUT2D eigenvalue weighted by molar-refractivity contribution is -0.142. The fourth-order valence-electron chi connectivity index (χ4n) is 2.74. The minimum Gasteiger partial charge on any atom is -0.489 e. The van der Waals surface area contributed by atoms with E-state index in [9.17, 15) is 4.79 Å². The third-order valence-corrected chi connectivity index (χ3v) is 4.47. The molecule has 3 aromatic rings. The molecule has 0 aliphatic carbocycles. The highest BCUT2D eigenvalue weighted by molar-refractivity contribution is 9.10. The summed E-state index contributed by atoms with van der Waals surface area (Å²) in [7, 11) is 0. The number of hydrogen-bond acceptors (Lipinski definition) is 4. The number of benzene rings is 2. The molecule has 2 aromatic carbocycles. The number of halogens is 1. The first-order valence-corrected chi connectivity index (χ1v) is 9.23. The van der Waals surface area contributed by atoms with Crippen molar-refractivity contribution in [2.75, 3.05) is 6.61 Å². The van der Waals surface area contributed by atoms with E-state index in [0.29, 0.717) is 6.61 Å². The van der Waals surface area contributed by atoms with Crippen molar-refractivity contribution in [2.24, 2.45) is 5.16 Å². The van der Waals surface area contributed by atoms with Gasteiger partial charge in [-0.2, -0.15) is 0 Å². The maximum atomic E-state index is 10.5. The quantitative estimate of drug-likeness (QED) is 0.423. The van der Waals surface area contributed by atoms with Crippen molar-refractivity contribution in [2.45, 2.75) is 20.1 Å². The minimum atomic E-state index is -1.06. The van der Waals surface area contributed by atoms with E-state index in [4.69, 9.17) is 14.7 Å². The number of carboxylic acids is 1. The summed E-state index contributed by atoms with van der Waals surface area (Å²) in [5.74, 6) is -0.316. The van der Waals surface area contributed by atoms with Gasteiger partial charge in [0.05, 0.1) is 6.21 Å². The first kappa shape index (κ1) is 19.0. The van der Waals surface area contributed by atoms with Crippen molar-refractivity contribution in [3.05, 3.63) is 64.3 Å². The number of carboxylic acid groups (broad SMARTS) is 1. The zero-order valence-corrected chi connectivity index (χ0v) is 16.3. The van der Waals surface area contributed by atoms with Gasteiger partial charge in [0.2, 0.25) is 6.61 Å². The summed E-state index contributed by atoms with van der Waals surface area (Å²) in [4.78, 5) is 15.3. The topological polar surface area (TPSA) is 73.1 Å². The molecule has 0 atom stereocenters. The van der Waals surface area contributed by atoms with Crippen LogP contribution in [0.4, 0.5) is 0 Å². The van der Waals surface area contributed by atoms with Crippen LogP contribution in [0.2, 0.25) is 0 Å². The molecule has 0 fully saturated rings. The van der Waals surface area contributed by atoms with Crippen LogP contribution in [-0.4, -0.2) is 28.5 Å². The Morgan fingerprint density at radius 3 is 2.89 bits per heavy atom. The van der Waals surface area contributed by atoms with Crippen molar-refractivity contribution in [3.8, 4) is 5.75 Å². The Bertz CT molecular complexity index is 981. The number of ether oxygens (including phenoxy) is 1. The second kappa shape index (κ2) is 8.73. The van der Waals surface area contributed by atoms with Crippen molar-refractivity contribution in [1.82, 2.24) is 4.57 Å². The predicted octanol–water partition coefficient (Wildman–Crippen LogP) is 4.44. The van der Waals surface area contributed by atoms with Gasteiger partial charge < -0.3 is 19.2 Å². The third-order valence-electron chi connectivity index (χ3n) is 3.97. The van der Waals surface area contributed by atoms with Gasteiger partial charge in [-0.1, -0.05) is 33.2 Å². The van der Waals surface area contributed by atoms with Gasteiger partial charge in [0.1, 0.15) is 12.4 Å². The molecule has 1 aromatic heterocycles. The molecule has 3 rings (SSSR count). The fourth-order valence-corrected chi connectivity index (χ4v) is 3.18. The Morgan fingerprint density at radius 1 is 1.30 bits per heavy atom. The first-order chi connectivity index (χ1) is 13.1. The second-order valence-corrected chi connectivity index (χ2v) is 6.79. The maximum absolute atomic E-state index is 10.5. The van der Waals surface area contributed by atoms with Crippen LogP contribution in [-0.2, 0) is 22.8 Å². The number of hydrogen-bond donors (Lipinski definition) is 1. The normalized spacial score (nSPS) is 11.2. The standard InChI is InChI=1S/C20H19BrN2O4/c1-2-23-11-15(10-22-27-13-20(24)25)18-9-17(6-7-19(18)23)26-12-14-4-3-5-16(21)8-14/h3-11H,2,12-13H2,1H3,(H,24,25). The van der Waals surface area contributed by atoms with Crippen LogP contribution in [0.5, 0.6) is 5.75 Å². The molecule has 6 nitrogen and oxygen atoms in total. The summed E-state index contributed by atoms with van der Waals surface area (Å²) in [6.07, 6.45) is 3.48. The first-order valence-electron chi connectivity index (χ1n) is 8.44. The molecule has 140 valence electrons. The van der Waals surface area contributed by atoms with Crippen LogP contribution < -0.4 is 4.74 Å². The molecule has 7 heteroatoms. The zero-order valence-electron chi connectivity index (χ0n) is 14.8. The monoisotopic (exact) mass is 430 g/mol. The minimum absolute atomic E-state index is 0.463. The summed E-state index contributed by atoms with van der Waals surface area (Å²) >= 11 is 3.46. The highest BCUT2D eigenvalue weighted by Gasteiger charge is 2.08. The molecular formula is C20H19BrN2O4. The summed E-state index contributed by atoms with van der Waals surface area (Å²) in [5.41, 5.74) is 2.96. The number of aliphatic carboxylic acids is 1. The second-order valence-electron chi connectivity index (χ2n) is 5.87. The number of carbonyl (C=O) groups is 1. The van der Waals surface area contributed by atoms with Crippen molar-refractivity contribution >= 4 is 39.0 Å². The van der Waals surface area contributed by atoms with E-state index in [0.717, 1.165) is 38.8 Å². The number of oxime groups is 1. The molecule has 1 heterocycles. The summed E-state index contributed by atoms with van der Waals surface area (Å²) < 4.78 is 9.03. The average molecular weight is 431 g/mol. The van der Waals surface area contributed by atoms with Crippen LogP contribution in [0.15, 0.2) is 58.3 Å². The highest BCUT2D eigenvalue weighted by Crippen LogP contribution is 2.26. The Morgan fingerprint density at radius 2 is 2.15 bits per heavy atom. The van der Waals surface area contributed by atoms with Crippen LogP contribution in [0, 0.1) is 0 Å². The SMILES string of the molecule is CCn1cc(C=NOCC(=O)O)c2cc(OCc3cccc(Br)c3)ccc21. The van der Waals surface area contributed by atoms with Gasteiger partial charge in [0.15, 0.2) is 0 Å². The van der Waals surface area contributed by atoms with Crippen molar-refractivity contribution in [1.29, 1.82) is 0 Å². The smallest absolute Gasteiger partial charge is 0.344 e. The molecule has 0 amide bonds. The predicted molar refractivity (Wildman–Crippen MR) is 107 cm³/mol. The number of rotatable bonds is 8. The average Bonchev–Trinajstić information content (AvgIpc) is 3.01. The van der Waals surface area contributed by atoms with Crippen LogP contribution in [0.1, 0.15) is 18.1 Å². The number of aryl methyl sites for hydroxylation is 1. The van der Waals surface area contributed by atoms with Crippen LogP contribution in [0.25, 0.3) is 10.9 Å². The highest BCUT2D eigenvalue weighted by atomic mass is 79.9. The van der Waals surface area contributed by atoms with E-state index >= 15 is 0 Å². The number of fused-ring (bicyclic) bond motifs is 1. The number of aromatic nitrogens is 1. The van der Waals surface area contributed by atoms with Gasteiger partial charge in [-0.3, -0.25) is 0 Å². The molecule has 1 N–H and O–H groups in total. The van der Waals surface area contributed by atoms with Gasteiger partial charge in [0.25, 0.3) is 0 Å². The zero-order chi connectivity index (χ0) is 19.2. The molecule has 0 unspecified atom stereocenters. The summed E-state index contributed by atoms with van der Waals surface area (Å²) in [6, 6.07) is 13.9. The van der Waals surface area contributed by atoms with E-state index in [2.05, 4.69) is 32.6 Å². The molecule has 0 aliphatic heterocycles. The Hall–Kier alpha value is -2.80. The Kier molecular flexibility index (Phi) is 6.13. The Balaban J connectivity index is 1.81. The molecule has 0 saturated carbocycles. The largest absolute Gasteiger partial charge is 0.489 e. The fraction of sp³-hybridized carbons (Fsp3) is 0.200. The number of nitrogens with zero attached hydrogens (tertiary/aromatic N) is 2. The lowest BCUT2D eigenvalue weighted by atomic mass is 10.2. The molecular weight excluding hydrogens is 412 g/mol. The molecule has 0 bridgehead atoms. The summed E-state index contributed by atoms with van der Waals surface area (Å²) in [6.45, 7) is 2.85. The molecule has 0 aliphatic rings. The lowest BCUT2D eigenvalue weighted by Crippen LogP contribution is -2.03. The third kappa shape index (κ3) is 4.89. The maximum Gasteiger partial charge on any atom is 0.344 e. The van der Waals surface area contributed by atoms with Crippen LogP contribution in [0.3, 0.4) is 0 Å². The van der Waals surface area contributed by atoms with Gasteiger partial charge in [-0.05, 0) is 42.8 Å². The van der Waals surface area contributed by atoms with E-state index in [1.807, 2.05) is 48.7 Å². The van der Waals surface area contributed by atoms with E-state index < -0.39 is 12.6 Å². The van der Waals surface area contributed by atoms with Gasteiger partial charge in [0, 0.05) is 33.7 Å². The molecule has 0 spiro atoms. The van der Waals surface area contributed by atoms with Gasteiger partial charge >= 0.3 is 5.97 Å².